The Morgan fingerprint density at radius 2 is 2.11 bits per heavy atom. The monoisotopic (exact) mass is 601 g/mol. The minimum Gasteiger partial charge on any atom is -0.478 e. The average Bonchev–Trinajstić information content (AvgIpc) is 3.05. The fraction of sp³-hybridized carbons (Fsp3) is 0.0556. The van der Waals surface area contributed by atoms with Gasteiger partial charge in [-0.25, -0.2) is 5.43 Å². The lowest BCUT2D eigenvalue weighted by Crippen LogP contribution is -2.16. The molecule has 1 heterocycles. The number of hydrogen-bond donors (Lipinski definition) is 1. The van der Waals surface area contributed by atoms with Crippen LogP contribution >= 0.6 is 54.5 Å². The minimum atomic E-state index is -0.469. The Morgan fingerprint density at radius 1 is 1.30 bits per heavy atom. The predicted molar refractivity (Wildman–Crippen MR) is 117 cm³/mol. The predicted octanol–water partition coefficient (Wildman–Crippen LogP) is 5.23. The van der Waals surface area contributed by atoms with Gasteiger partial charge in [-0.15, -0.1) is 0 Å². The molecule has 1 aromatic heterocycles. The van der Waals surface area contributed by atoms with Crippen LogP contribution in [0.3, 0.4) is 0 Å². The van der Waals surface area contributed by atoms with Crippen molar-refractivity contribution >= 4 is 77.5 Å². The number of nitrogens with one attached hydrogen (secondary N) is 1. The molecule has 0 saturated heterocycles. The Balaban J connectivity index is 1.77. The van der Waals surface area contributed by atoms with E-state index in [2.05, 4.69) is 65.0 Å². The summed E-state index contributed by atoms with van der Waals surface area (Å²) in [7, 11) is 0. The van der Waals surface area contributed by atoms with E-state index in [0.717, 1.165) is 17.9 Å². The zero-order valence-electron chi connectivity index (χ0n) is 13.5. The number of rotatable bonds is 5. The molecule has 27 heavy (non-hydrogen) atoms. The van der Waals surface area contributed by atoms with E-state index in [0.29, 0.717) is 16.9 Å². The zero-order valence-corrected chi connectivity index (χ0v) is 18.8. The second-order valence-electron chi connectivity index (χ2n) is 5.24. The molecule has 0 aliphatic heterocycles. The maximum absolute atomic E-state index is 12.3. The van der Waals surface area contributed by atoms with Gasteiger partial charge in [0.15, 0.2) is 12.4 Å². The van der Waals surface area contributed by atoms with Crippen LogP contribution in [0.4, 0.5) is 0 Å². The summed E-state index contributed by atoms with van der Waals surface area (Å²) >= 11 is 8.93. The summed E-state index contributed by atoms with van der Waals surface area (Å²) in [4.78, 5) is 12.3. The summed E-state index contributed by atoms with van der Waals surface area (Å²) in [6, 6.07) is 12.6. The molecule has 0 unspecified atom stereocenters. The number of fused-ring (bicyclic) bond motifs is 1. The normalized spacial score (nSPS) is 10.9. The van der Waals surface area contributed by atoms with Gasteiger partial charge in [-0.3, -0.25) is 4.79 Å². The van der Waals surface area contributed by atoms with Gasteiger partial charge in [0.05, 0.1) is 9.78 Å². The summed E-state index contributed by atoms with van der Waals surface area (Å²) in [6.45, 7) is -0.0813. The molecule has 0 spiro atoms. The van der Waals surface area contributed by atoms with Crippen LogP contribution in [-0.2, 0) is 0 Å². The van der Waals surface area contributed by atoms with E-state index in [4.69, 9.17) is 14.4 Å². The zero-order chi connectivity index (χ0) is 19.4. The van der Waals surface area contributed by atoms with Crippen LogP contribution in [0.1, 0.15) is 16.1 Å². The van der Waals surface area contributed by atoms with E-state index in [1.807, 2.05) is 18.2 Å². The van der Waals surface area contributed by atoms with Crippen molar-refractivity contribution in [1.82, 2.24) is 5.43 Å². The van der Waals surface area contributed by atoms with Crippen LogP contribution in [0, 0.1) is 14.9 Å². The molecule has 3 rings (SSSR count). The van der Waals surface area contributed by atoms with Crippen molar-refractivity contribution in [2.24, 2.45) is 5.10 Å². The highest BCUT2D eigenvalue weighted by atomic mass is 127. The third kappa shape index (κ3) is 4.88. The van der Waals surface area contributed by atoms with Crippen molar-refractivity contribution in [2.45, 2.75) is 0 Å². The summed E-state index contributed by atoms with van der Waals surface area (Å²) in [6.07, 6.45) is 1.44. The number of carbonyl (C=O) groups excluding carboxylic acids is 1. The molecule has 2 aromatic carbocycles. The second-order valence-corrected chi connectivity index (χ2v) is 8.24. The van der Waals surface area contributed by atoms with Crippen LogP contribution in [0.15, 0.2) is 54.9 Å². The largest absolute Gasteiger partial charge is 0.478 e. The quantitative estimate of drug-likeness (QED) is 0.246. The van der Waals surface area contributed by atoms with E-state index in [-0.39, 0.29) is 12.4 Å². The molecule has 0 aliphatic carbocycles. The van der Waals surface area contributed by atoms with Gasteiger partial charge < -0.3 is 9.15 Å². The van der Waals surface area contributed by atoms with Crippen LogP contribution < -0.4 is 10.2 Å². The van der Waals surface area contributed by atoms with Crippen LogP contribution in [-0.4, -0.2) is 18.7 Å². The number of halogens is 3. The number of hydrazone groups is 1. The highest BCUT2D eigenvalue weighted by molar-refractivity contribution is 14.1. The molecule has 9 heteroatoms. The van der Waals surface area contributed by atoms with Crippen LogP contribution in [0.2, 0.25) is 0 Å². The molecule has 6 nitrogen and oxygen atoms in total. The smallest absolute Gasteiger partial charge is 0.307 e. The first-order valence-corrected chi connectivity index (χ1v) is 10.2. The van der Waals surface area contributed by atoms with Gasteiger partial charge in [0, 0.05) is 19.9 Å². The summed E-state index contributed by atoms with van der Waals surface area (Å²) in [5.74, 6) is 0.179. The van der Waals surface area contributed by atoms with Gasteiger partial charge in [0.1, 0.15) is 17.4 Å². The SMILES string of the molecule is N#CCOc1ccc(Br)cc1/C=N\NC(=O)c1cc2cc(Br)cc(I)c2o1. The Kier molecular flexibility index (Phi) is 6.51. The van der Waals surface area contributed by atoms with Crippen molar-refractivity contribution < 1.29 is 13.9 Å². The number of nitriles is 1. The molecule has 0 atom stereocenters. The van der Waals surface area contributed by atoms with Gasteiger partial charge >= 0.3 is 5.91 Å². The first-order valence-electron chi connectivity index (χ1n) is 7.49. The van der Waals surface area contributed by atoms with E-state index in [1.165, 1.54) is 6.21 Å². The lowest BCUT2D eigenvalue weighted by Gasteiger charge is -2.06. The second kappa shape index (κ2) is 8.86. The van der Waals surface area contributed by atoms with Gasteiger partial charge in [0.2, 0.25) is 0 Å². The molecule has 1 N–H and O–H groups in total. The maximum Gasteiger partial charge on any atom is 0.307 e. The van der Waals surface area contributed by atoms with Crippen molar-refractivity contribution in [1.29, 1.82) is 5.26 Å². The molecule has 1 amide bonds. The number of benzene rings is 2. The Labute approximate surface area is 185 Å². The van der Waals surface area contributed by atoms with Crippen LogP contribution in [0.5, 0.6) is 5.75 Å². The lowest BCUT2D eigenvalue weighted by molar-refractivity contribution is 0.0929. The van der Waals surface area contributed by atoms with E-state index in [9.17, 15) is 4.79 Å². The maximum atomic E-state index is 12.3. The Morgan fingerprint density at radius 3 is 2.89 bits per heavy atom. The first kappa shape index (κ1) is 19.9. The van der Waals surface area contributed by atoms with Gasteiger partial charge in [0.25, 0.3) is 0 Å². The van der Waals surface area contributed by atoms with Crippen molar-refractivity contribution in [3.05, 3.63) is 60.2 Å². The fourth-order valence-electron chi connectivity index (χ4n) is 2.26. The summed E-state index contributed by atoms with van der Waals surface area (Å²) in [5, 5.41) is 13.4. The Hall–Kier alpha value is -1.90. The van der Waals surface area contributed by atoms with Gasteiger partial charge in [-0.1, -0.05) is 31.9 Å². The molecule has 0 fully saturated rings. The highest BCUT2D eigenvalue weighted by Crippen LogP contribution is 2.28. The molecule has 3 aromatic rings. The molecular weight excluding hydrogens is 593 g/mol. The molecule has 0 saturated carbocycles. The van der Waals surface area contributed by atoms with E-state index >= 15 is 0 Å². The minimum absolute atomic E-state index is 0.0813. The van der Waals surface area contributed by atoms with E-state index < -0.39 is 5.91 Å². The highest BCUT2D eigenvalue weighted by Gasteiger charge is 2.14. The Bertz CT molecular complexity index is 1090. The number of nitrogens with zero attached hydrogens (tertiary/aromatic N) is 2. The van der Waals surface area contributed by atoms with E-state index in [1.54, 1.807) is 24.3 Å². The van der Waals surface area contributed by atoms with Gasteiger partial charge in [-0.2, -0.15) is 10.4 Å². The molecule has 0 radical (unpaired) electrons. The lowest BCUT2D eigenvalue weighted by atomic mass is 10.2. The fourth-order valence-corrected chi connectivity index (χ4v) is 4.30. The molecule has 136 valence electrons. The van der Waals surface area contributed by atoms with Crippen molar-refractivity contribution in [3.8, 4) is 11.8 Å². The van der Waals surface area contributed by atoms with Crippen LogP contribution in [0.25, 0.3) is 11.0 Å². The number of furan rings is 1. The summed E-state index contributed by atoms with van der Waals surface area (Å²) < 4.78 is 13.6. The molecular formula is C18H10Br2IN3O3. The topological polar surface area (TPSA) is 87.6 Å². The van der Waals surface area contributed by atoms with Crippen molar-refractivity contribution in [3.63, 3.8) is 0 Å². The van der Waals surface area contributed by atoms with Gasteiger partial charge in [-0.05, 0) is 59.0 Å². The number of hydrogen-bond acceptors (Lipinski definition) is 5. The number of carbonyl (C=O) groups is 1. The molecule has 0 aliphatic rings. The third-order valence-corrected chi connectivity index (χ3v) is 5.15. The number of amides is 1. The summed E-state index contributed by atoms with van der Waals surface area (Å²) in [5.41, 5.74) is 3.69. The van der Waals surface area contributed by atoms with Crippen molar-refractivity contribution in [2.75, 3.05) is 6.61 Å². The first-order chi connectivity index (χ1) is 13.0. The average molecular weight is 603 g/mol. The number of ether oxygens (including phenoxy) is 1. The third-order valence-electron chi connectivity index (χ3n) is 3.39. The molecule has 0 bridgehead atoms. The standard InChI is InChI=1S/C18H10Br2IN3O3/c19-12-1-2-15(26-4-3-22)11(6-12)9-23-24-18(25)16-7-10-5-13(20)8-14(21)17(10)27-16/h1-2,5-9H,4H2,(H,24,25)/b23-9-.